The number of carbonyl (C=O) groups excluding carboxylic acids is 2. The summed E-state index contributed by atoms with van der Waals surface area (Å²) < 4.78 is 1.65. The minimum Gasteiger partial charge on any atom is -0.376 e. The third kappa shape index (κ3) is 5.00. The standard InChI is InChI=1S/C15H18ClN5O2/c1-2-6-17-15(23)20-14(22)10-18-11-4-5-13(12(16)9-11)21-8-3-7-19-21/h3-5,7-9,18H,2,6,10H2,1H3,(H2,17,20,22,23). The zero-order chi connectivity index (χ0) is 16.7. The number of rotatable bonds is 6. The van der Waals surface area contributed by atoms with Crippen LogP contribution in [0.4, 0.5) is 10.5 Å². The molecule has 7 nitrogen and oxygen atoms in total. The molecule has 0 bridgehead atoms. The number of amides is 3. The van der Waals surface area contributed by atoms with Gasteiger partial charge in [0.05, 0.1) is 17.3 Å². The Labute approximate surface area is 139 Å². The molecule has 3 amide bonds. The van der Waals surface area contributed by atoms with E-state index in [0.29, 0.717) is 17.3 Å². The van der Waals surface area contributed by atoms with Crippen molar-refractivity contribution in [3.63, 3.8) is 0 Å². The van der Waals surface area contributed by atoms with E-state index in [1.165, 1.54) is 0 Å². The van der Waals surface area contributed by atoms with Gasteiger partial charge in [-0.1, -0.05) is 18.5 Å². The van der Waals surface area contributed by atoms with E-state index in [9.17, 15) is 9.59 Å². The molecule has 1 aromatic carbocycles. The smallest absolute Gasteiger partial charge is 0.321 e. The van der Waals surface area contributed by atoms with Crippen molar-refractivity contribution in [2.24, 2.45) is 0 Å². The Morgan fingerprint density at radius 1 is 1.35 bits per heavy atom. The van der Waals surface area contributed by atoms with Crippen LogP contribution in [0.5, 0.6) is 0 Å². The van der Waals surface area contributed by atoms with Crippen LogP contribution in [0.25, 0.3) is 5.69 Å². The van der Waals surface area contributed by atoms with Crippen molar-refractivity contribution in [2.75, 3.05) is 18.4 Å². The average Bonchev–Trinajstić information content (AvgIpc) is 3.05. The minimum atomic E-state index is -0.495. The van der Waals surface area contributed by atoms with Gasteiger partial charge < -0.3 is 10.6 Å². The Bertz CT molecular complexity index is 673. The molecule has 0 aliphatic heterocycles. The molecule has 23 heavy (non-hydrogen) atoms. The summed E-state index contributed by atoms with van der Waals surface area (Å²) in [6, 6.07) is 6.58. The van der Waals surface area contributed by atoms with E-state index in [-0.39, 0.29) is 6.54 Å². The molecule has 0 saturated heterocycles. The van der Waals surface area contributed by atoms with Crippen LogP contribution in [-0.4, -0.2) is 34.8 Å². The summed E-state index contributed by atoms with van der Waals surface area (Å²) in [7, 11) is 0. The molecule has 2 rings (SSSR count). The van der Waals surface area contributed by atoms with Gasteiger partial charge in [-0.3, -0.25) is 10.1 Å². The lowest BCUT2D eigenvalue weighted by Crippen LogP contribution is -2.42. The lowest BCUT2D eigenvalue weighted by molar-refractivity contribution is -0.118. The fraction of sp³-hybridized carbons (Fsp3) is 0.267. The zero-order valence-electron chi connectivity index (χ0n) is 12.7. The van der Waals surface area contributed by atoms with Crippen LogP contribution in [0.1, 0.15) is 13.3 Å². The summed E-state index contributed by atoms with van der Waals surface area (Å²) in [6.07, 6.45) is 4.26. The number of hydrogen-bond donors (Lipinski definition) is 3. The molecule has 1 aromatic heterocycles. The molecule has 0 aliphatic rings. The Hall–Kier alpha value is -2.54. The lowest BCUT2D eigenvalue weighted by Gasteiger charge is -2.10. The van der Waals surface area contributed by atoms with Crippen molar-refractivity contribution < 1.29 is 9.59 Å². The molecule has 1 heterocycles. The molecular formula is C15H18ClN5O2. The topological polar surface area (TPSA) is 88.0 Å². The first kappa shape index (κ1) is 16.8. The van der Waals surface area contributed by atoms with Gasteiger partial charge in [0.2, 0.25) is 5.91 Å². The number of hydrogen-bond acceptors (Lipinski definition) is 4. The summed E-state index contributed by atoms with van der Waals surface area (Å²) in [4.78, 5) is 23.0. The predicted molar refractivity (Wildman–Crippen MR) is 88.9 cm³/mol. The predicted octanol–water partition coefficient (Wildman–Crippen LogP) is 2.17. The molecule has 8 heteroatoms. The van der Waals surface area contributed by atoms with Crippen LogP contribution in [-0.2, 0) is 4.79 Å². The third-order valence-electron chi connectivity index (χ3n) is 2.94. The second kappa shape index (κ2) is 8.19. The van der Waals surface area contributed by atoms with E-state index in [0.717, 1.165) is 12.1 Å². The average molecular weight is 336 g/mol. The van der Waals surface area contributed by atoms with Crippen molar-refractivity contribution in [3.8, 4) is 5.69 Å². The number of anilines is 1. The summed E-state index contributed by atoms with van der Waals surface area (Å²) in [5.41, 5.74) is 1.42. The van der Waals surface area contributed by atoms with Crippen LogP contribution in [0, 0.1) is 0 Å². The molecular weight excluding hydrogens is 318 g/mol. The minimum absolute atomic E-state index is 0.0308. The van der Waals surface area contributed by atoms with Crippen LogP contribution < -0.4 is 16.0 Å². The van der Waals surface area contributed by atoms with Gasteiger partial charge in [0, 0.05) is 24.6 Å². The van der Waals surface area contributed by atoms with Crippen LogP contribution in [0.3, 0.4) is 0 Å². The van der Waals surface area contributed by atoms with Crippen molar-refractivity contribution in [1.82, 2.24) is 20.4 Å². The van der Waals surface area contributed by atoms with Gasteiger partial charge in [0.1, 0.15) is 0 Å². The van der Waals surface area contributed by atoms with E-state index < -0.39 is 11.9 Å². The molecule has 0 radical (unpaired) electrons. The van der Waals surface area contributed by atoms with Crippen LogP contribution in [0.2, 0.25) is 5.02 Å². The van der Waals surface area contributed by atoms with Gasteiger partial charge in [-0.05, 0) is 30.7 Å². The van der Waals surface area contributed by atoms with Crippen molar-refractivity contribution in [2.45, 2.75) is 13.3 Å². The highest BCUT2D eigenvalue weighted by molar-refractivity contribution is 6.32. The normalized spacial score (nSPS) is 10.2. The maximum absolute atomic E-state index is 11.6. The number of aromatic nitrogens is 2. The maximum Gasteiger partial charge on any atom is 0.321 e. The van der Waals surface area contributed by atoms with Gasteiger partial charge in [0.15, 0.2) is 0 Å². The number of carbonyl (C=O) groups is 2. The number of nitrogens with one attached hydrogen (secondary N) is 3. The highest BCUT2D eigenvalue weighted by atomic mass is 35.5. The first-order valence-electron chi connectivity index (χ1n) is 7.21. The van der Waals surface area contributed by atoms with Gasteiger partial charge in [-0.2, -0.15) is 5.10 Å². The van der Waals surface area contributed by atoms with Gasteiger partial charge in [0.25, 0.3) is 0 Å². The lowest BCUT2D eigenvalue weighted by atomic mass is 10.2. The van der Waals surface area contributed by atoms with Gasteiger partial charge in [-0.15, -0.1) is 0 Å². The maximum atomic E-state index is 11.6. The number of halogens is 1. The first-order valence-corrected chi connectivity index (χ1v) is 7.59. The molecule has 3 N–H and O–H groups in total. The monoisotopic (exact) mass is 335 g/mol. The Kier molecular flexibility index (Phi) is 5.99. The molecule has 2 aromatic rings. The molecule has 0 fully saturated rings. The van der Waals surface area contributed by atoms with E-state index in [1.54, 1.807) is 41.3 Å². The van der Waals surface area contributed by atoms with Crippen LogP contribution in [0.15, 0.2) is 36.7 Å². The summed E-state index contributed by atoms with van der Waals surface area (Å²) >= 11 is 6.21. The summed E-state index contributed by atoms with van der Waals surface area (Å²) in [6.45, 7) is 2.42. The highest BCUT2D eigenvalue weighted by Gasteiger charge is 2.08. The number of benzene rings is 1. The highest BCUT2D eigenvalue weighted by Crippen LogP contribution is 2.23. The van der Waals surface area contributed by atoms with Gasteiger partial charge >= 0.3 is 6.03 Å². The van der Waals surface area contributed by atoms with E-state index in [4.69, 9.17) is 11.6 Å². The number of imide groups is 1. The third-order valence-corrected chi connectivity index (χ3v) is 3.24. The quantitative estimate of drug-likeness (QED) is 0.755. The fourth-order valence-electron chi connectivity index (χ4n) is 1.85. The Balaban J connectivity index is 1.88. The second-order valence-corrected chi connectivity index (χ2v) is 5.18. The molecule has 0 unspecified atom stereocenters. The number of urea groups is 1. The first-order chi connectivity index (χ1) is 11.1. The van der Waals surface area contributed by atoms with Gasteiger partial charge in [-0.25, -0.2) is 9.48 Å². The second-order valence-electron chi connectivity index (χ2n) is 4.77. The SMILES string of the molecule is CCCNC(=O)NC(=O)CNc1ccc(-n2cccn2)c(Cl)c1. The van der Waals surface area contributed by atoms with Crippen molar-refractivity contribution in [3.05, 3.63) is 41.7 Å². The molecule has 0 aliphatic carbocycles. The number of nitrogens with zero attached hydrogens (tertiary/aromatic N) is 2. The largest absolute Gasteiger partial charge is 0.376 e. The fourth-order valence-corrected chi connectivity index (χ4v) is 2.12. The van der Waals surface area contributed by atoms with Crippen molar-refractivity contribution >= 4 is 29.2 Å². The molecule has 0 spiro atoms. The Morgan fingerprint density at radius 2 is 2.17 bits per heavy atom. The van der Waals surface area contributed by atoms with E-state index >= 15 is 0 Å². The molecule has 122 valence electrons. The molecule has 0 atom stereocenters. The van der Waals surface area contributed by atoms with E-state index in [1.807, 2.05) is 6.92 Å². The summed E-state index contributed by atoms with van der Waals surface area (Å²) in [5, 5.41) is 12.3. The Morgan fingerprint density at radius 3 is 2.83 bits per heavy atom. The van der Waals surface area contributed by atoms with Crippen LogP contribution >= 0.6 is 11.6 Å². The van der Waals surface area contributed by atoms with Crippen molar-refractivity contribution in [1.29, 1.82) is 0 Å². The molecule has 0 saturated carbocycles. The summed E-state index contributed by atoms with van der Waals surface area (Å²) in [5.74, 6) is -0.425. The van der Waals surface area contributed by atoms with E-state index in [2.05, 4.69) is 21.0 Å². The zero-order valence-corrected chi connectivity index (χ0v) is 13.4.